The summed E-state index contributed by atoms with van der Waals surface area (Å²) < 4.78 is 18.5. The van der Waals surface area contributed by atoms with Crippen molar-refractivity contribution >= 4 is 11.6 Å². The lowest BCUT2D eigenvalue weighted by molar-refractivity contribution is 0.00360. The van der Waals surface area contributed by atoms with Crippen LogP contribution >= 0.6 is 11.6 Å². The Hall–Kier alpha value is -0.640. The van der Waals surface area contributed by atoms with Gasteiger partial charge in [-0.15, -0.1) is 0 Å². The Morgan fingerprint density at radius 2 is 2.13 bits per heavy atom. The molecular formula is C11H14ClFO2. The number of hydrogen-bond acceptors (Lipinski definition) is 2. The van der Waals surface area contributed by atoms with Gasteiger partial charge < -0.3 is 9.84 Å². The summed E-state index contributed by atoms with van der Waals surface area (Å²) in [6.07, 6.45) is -0.945. The fourth-order valence-electron chi connectivity index (χ4n) is 1.15. The van der Waals surface area contributed by atoms with E-state index in [0.717, 1.165) is 0 Å². The van der Waals surface area contributed by atoms with Crippen LogP contribution in [0, 0.1) is 5.82 Å². The van der Waals surface area contributed by atoms with Crippen molar-refractivity contribution < 1.29 is 14.2 Å². The fourth-order valence-corrected chi connectivity index (χ4v) is 1.30. The van der Waals surface area contributed by atoms with E-state index in [1.54, 1.807) is 6.07 Å². The lowest BCUT2D eigenvalue weighted by atomic mass is 10.1. The maximum absolute atomic E-state index is 13.3. The van der Waals surface area contributed by atoms with Crippen molar-refractivity contribution in [2.45, 2.75) is 26.1 Å². The average Bonchev–Trinajstić information content (AvgIpc) is 2.14. The lowest BCUT2D eigenvalue weighted by Gasteiger charge is -2.14. The van der Waals surface area contributed by atoms with E-state index in [-0.39, 0.29) is 18.3 Å². The molecule has 4 heteroatoms. The van der Waals surface area contributed by atoms with Crippen LogP contribution in [0.4, 0.5) is 4.39 Å². The molecule has 1 atom stereocenters. The van der Waals surface area contributed by atoms with Gasteiger partial charge >= 0.3 is 0 Å². The summed E-state index contributed by atoms with van der Waals surface area (Å²) in [6.45, 7) is 3.78. The van der Waals surface area contributed by atoms with E-state index < -0.39 is 11.9 Å². The van der Waals surface area contributed by atoms with Crippen LogP contribution in [0.3, 0.4) is 0 Å². The zero-order valence-electron chi connectivity index (χ0n) is 8.71. The van der Waals surface area contributed by atoms with Gasteiger partial charge in [-0.1, -0.05) is 17.7 Å². The number of benzene rings is 1. The van der Waals surface area contributed by atoms with Crippen molar-refractivity contribution in [2.24, 2.45) is 0 Å². The SMILES string of the molecule is CC(C)OCC(O)c1ccc(Cl)cc1F. The topological polar surface area (TPSA) is 29.5 Å². The molecule has 1 aromatic rings. The van der Waals surface area contributed by atoms with Gasteiger partial charge in [0.25, 0.3) is 0 Å². The third-order valence-electron chi connectivity index (χ3n) is 1.91. The molecule has 1 aromatic carbocycles. The Labute approximate surface area is 93.6 Å². The second-order valence-electron chi connectivity index (χ2n) is 3.56. The zero-order valence-corrected chi connectivity index (χ0v) is 9.46. The van der Waals surface area contributed by atoms with Gasteiger partial charge in [0, 0.05) is 10.6 Å². The third-order valence-corrected chi connectivity index (χ3v) is 2.14. The van der Waals surface area contributed by atoms with Gasteiger partial charge in [0.05, 0.1) is 12.7 Å². The van der Waals surface area contributed by atoms with Crippen LogP contribution in [-0.4, -0.2) is 17.8 Å². The quantitative estimate of drug-likeness (QED) is 0.865. The van der Waals surface area contributed by atoms with Crippen LogP contribution < -0.4 is 0 Å². The molecular weight excluding hydrogens is 219 g/mol. The highest BCUT2D eigenvalue weighted by Gasteiger charge is 2.13. The third kappa shape index (κ3) is 3.78. The van der Waals surface area contributed by atoms with E-state index in [1.807, 2.05) is 13.8 Å². The number of halogens is 2. The summed E-state index contributed by atoms with van der Waals surface area (Å²) in [5.74, 6) is -0.512. The van der Waals surface area contributed by atoms with Crippen LogP contribution in [0.2, 0.25) is 5.02 Å². The van der Waals surface area contributed by atoms with Gasteiger partial charge in [-0.25, -0.2) is 4.39 Å². The van der Waals surface area contributed by atoms with Gasteiger partial charge in [0.15, 0.2) is 0 Å². The Bertz CT molecular complexity index is 328. The molecule has 15 heavy (non-hydrogen) atoms. The molecule has 0 radical (unpaired) electrons. The van der Waals surface area contributed by atoms with E-state index >= 15 is 0 Å². The molecule has 0 aliphatic carbocycles. The first-order chi connectivity index (χ1) is 7.00. The maximum Gasteiger partial charge on any atom is 0.130 e. The molecule has 0 aromatic heterocycles. The van der Waals surface area contributed by atoms with Gasteiger partial charge in [-0.3, -0.25) is 0 Å². The first-order valence-electron chi connectivity index (χ1n) is 4.75. The second kappa shape index (κ2) is 5.45. The molecule has 0 saturated carbocycles. The highest BCUT2D eigenvalue weighted by molar-refractivity contribution is 6.30. The minimum Gasteiger partial charge on any atom is -0.386 e. The van der Waals surface area contributed by atoms with Crippen molar-refractivity contribution in [3.05, 3.63) is 34.6 Å². The number of aliphatic hydroxyl groups is 1. The first kappa shape index (κ1) is 12.4. The Kier molecular flexibility index (Phi) is 4.51. The molecule has 0 aliphatic rings. The van der Waals surface area contributed by atoms with Gasteiger partial charge in [-0.2, -0.15) is 0 Å². The summed E-state index contributed by atoms with van der Waals surface area (Å²) in [4.78, 5) is 0. The molecule has 0 saturated heterocycles. The van der Waals surface area contributed by atoms with Crippen molar-refractivity contribution in [1.82, 2.24) is 0 Å². The highest BCUT2D eigenvalue weighted by atomic mass is 35.5. The van der Waals surface area contributed by atoms with Crippen LogP contribution in [-0.2, 0) is 4.74 Å². The highest BCUT2D eigenvalue weighted by Crippen LogP contribution is 2.21. The predicted octanol–water partition coefficient (Wildman–Crippen LogP) is 2.94. The van der Waals surface area contributed by atoms with Gasteiger partial charge in [0.2, 0.25) is 0 Å². The number of aliphatic hydroxyl groups excluding tert-OH is 1. The van der Waals surface area contributed by atoms with Crippen LogP contribution in [0.15, 0.2) is 18.2 Å². The zero-order chi connectivity index (χ0) is 11.4. The number of rotatable bonds is 4. The molecule has 0 heterocycles. The number of hydrogen-bond donors (Lipinski definition) is 1. The summed E-state index contributed by atoms with van der Waals surface area (Å²) in [5, 5.41) is 9.95. The van der Waals surface area contributed by atoms with E-state index in [1.165, 1.54) is 12.1 Å². The summed E-state index contributed by atoms with van der Waals surface area (Å²) in [5.41, 5.74) is 0.208. The lowest BCUT2D eigenvalue weighted by Crippen LogP contribution is -2.13. The molecule has 84 valence electrons. The van der Waals surface area contributed by atoms with Crippen LogP contribution in [0.25, 0.3) is 0 Å². The molecule has 0 fully saturated rings. The van der Waals surface area contributed by atoms with Gasteiger partial charge in [0.1, 0.15) is 11.9 Å². The molecule has 0 bridgehead atoms. The maximum atomic E-state index is 13.3. The van der Waals surface area contributed by atoms with E-state index in [0.29, 0.717) is 5.02 Å². The Morgan fingerprint density at radius 3 is 2.67 bits per heavy atom. The largest absolute Gasteiger partial charge is 0.386 e. The van der Waals surface area contributed by atoms with Crippen molar-refractivity contribution in [2.75, 3.05) is 6.61 Å². The standard InChI is InChI=1S/C11H14ClFO2/c1-7(2)15-6-11(14)9-4-3-8(12)5-10(9)13/h3-5,7,11,14H,6H2,1-2H3. The number of ether oxygens (including phenoxy) is 1. The molecule has 0 aliphatic heterocycles. The summed E-state index contributed by atoms with van der Waals surface area (Å²) in [7, 11) is 0. The first-order valence-corrected chi connectivity index (χ1v) is 5.13. The molecule has 0 spiro atoms. The molecule has 2 nitrogen and oxygen atoms in total. The minimum atomic E-state index is -0.954. The Balaban J connectivity index is 2.69. The molecule has 1 rings (SSSR count). The summed E-state index contributed by atoms with van der Waals surface area (Å²) in [6, 6.07) is 4.18. The van der Waals surface area contributed by atoms with Crippen LogP contribution in [0.1, 0.15) is 25.5 Å². The van der Waals surface area contributed by atoms with Gasteiger partial charge in [-0.05, 0) is 26.0 Å². The van der Waals surface area contributed by atoms with E-state index in [2.05, 4.69) is 0 Å². The van der Waals surface area contributed by atoms with E-state index in [4.69, 9.17) is 16.3 Å². The van der Waals surface area contributed by atoms with Crippen molar-refractivity contribution in [1.29, 1.82) is 0 Å². The Morgan fingerprint density at radius 1 is 1.47 bits per heavy atom. The monoisotopic (exact) mass is 232 g/mol. The van der Waals surface area contributed by atoms with Crippen molar-refractivity contribution in [3.8, 4) is 0 Å². The second-order valence-corrected chi connectivity index (χ2v) is 4.00. The minimum absolute atomic E-state index is 0.00927. The molecule has 0 amide bonds. The molecule has 1 unspecified atom stereocenters. The molecule has 1 N–H and O–H groups in total. The fraction of sp³-hybridized carbons (Fsp3) is 0.455. The van der Waals surface area contributed by atoms with E-state index in [9.17, 15) is 9.50 Å². The van der Waals surface area contributed by atoms with Crippen LogP contribution in [0.5, 0.6) is 0 Å². The summed E-state index contributed by atoms with van der Waals surface area (Å²) >= 11 is 5.60. The van der Waals surface area contributed by atoms with Crippen molar-refractivity contribution in [3.63, 3.8) is 0 Å². The normalized spacial score (nSPS) is 13.2. The predicted molar refractivity (Wildman–Crippen MR) is 57.5 cm³/mol. The average molecular weight is 233 g/mol. The smallest absolute Gasteiger partial charge is 0.130 e.